The fraction of sp³-hybridized carbons (Fsp3) is 0.406. The van der Waals surface area contributed by atoms with Gasteiger partial charge in [-0.05, 0) is 69.4 Å². The minimum absolute atomic E-state index is 0.0629. The molecule has 0 bridgehead atoms. The first-order chi connectivity index (χ1) is 21.6. The predicted molar refractivity (Wildman–Crippen MR) is 176 cm³/mol. The van der Waals surface area contributed by atoms with Crippen molar-refractivity contribution in [3.8, 4) is 11.5 Å². The van der Waals surface area contributed by atoms with Crippen LogP contribution >= 0.6 is 27.3 Å². The number of anilines is 1. The van der Waals surface area contributed by atoms with Crippen LogP contribution in [0.2, 0.25) is 0 Å². The topological polar surface area (TPSA) is 126 Å². The Labute approximate surface area is 272 Å². The summed E-state index contributed by atoms with van der Waals surface area (Å²) >= 11 is 4.80. The molecule has 11 nitrogen and oxygen atoms in total. The van der Waals surface area contributed by atoms with Crippen molar-refractivity contribution in [2.75, 3.05) is 38.3 Å². The summed E-state index contributed by atoms with van der Waals surface area (Å²) in [4.78, 5) is 46.3. The van der Waals surface area contributed by atoms with Crippen molar-refractivity contribution >= 4 is 50.7 Å². The van der Waals surface area contributed by atoms with Gasteiger partial charge in [0.1, 0.15) is 0 Å². The third-order valence-corrected chi connectivity index (χ3v) is 9.70. The zero-order valence-corrected chi connectivity index (χ0v) is 28.2. The number of hydrogen-bond acceptors (Lipinski definition) is 10. The lowest BCUT2D eigenvalue weighted by Crippen LogP contribution is -2.40. The van der Waals surface area contributed by atoms with Gasteiger partial charge in [0.05, 0.1) is 47.1 Å². The average molecular weight is 700 g/mol. The number of methoxy groups -OCH3 is 1. The summed E-state index contributed by atoms with van der Waals surface area (Å²) in [7, 11) is 1.54. The van der Waals surface area contributed by atoms with Crippen LogP contribution in [0.4, 0.5) is 11.4 Å². The molecule has 0 radical (unpaired) electrons. The van der Waals surface area contributed by atoms with Gasteiger partial charge in [0.15, 0.2) is 16.3 Å². The highest BCUT2D eigenvalue weighted by atomic mass is 79.9. The molecule has 2 aromatic carbocycles. The summed E-state index contributed by atoms with van der Waals surface area (Å²) in [5.74, 6) is 0.960. The number of allylic oxidation sites excluding steroid dienone is 1. The number of thiazole rings is 1. The number of carbonyl (C=O) groups excluding carboxylic acids is 1. The van der Waals surface area contributed by atoms with Crippen molar-refractivity contribution in [2.45, 2.75) is 46.6 Å². The van der Waals surface area contributed by atoms with Crippen LogP contribution in [0, 0.1) is 16.0 Å². The van der Waals surface area contributed by atoms with E-state index in [-0.39, 0.29) is 23.4 Å². The van der Waals surface area contributed by atoms with Crippen molar-refractivity contribution in [2.24, 2.45) is 10.9 Å². The quantitative estimate of drug-likeness (QED) is 0.172. The molecule has 3 heterocycles. The van der Waals surface area contributed by atoms with E-state index >= 15 is 0 Å². The lowest BCUT2D eigenvalue weighted by Gasteiger charge is -2.33. The summed E-state index contributed by atoms with van der Waals surface area (Å²) in [5, 5.41) is 11.7. The Morgan fingerprint density at radius 3 is 2.56 bits per heavy atom. The van der Waals surface area contributed by atoms with Crippen LogP contribution in [0.25, 0.3) is 6.08 Å². The van der Waals surface area contributed by atoms with E-state index in [0.717, 1.165) is 31.6 Å². The van der Waals surface area contributed by atoms with Crippen molar-refractivity contribution in [3.05, 3.63) is 87.0 Å². The second-order valence-electron chi connectivity index (χ2n) is 10.9. The Hall–Kier alpha value is -3.97. The molecule has 45 heavy (non-hydrogen) atoms. The highest BCUT2D eigenvalue weighted by Crippen LogP contribution is 2.41. The van der Waals surface area contributed by atoms with Gasteiger partial charge in [-0.1, -0.05) is 34.2 Å². The van der Waals surface area contributed by atoms with Crippen molar-refractivity contribution in [1.29, 1.82) is 0 Å². The molecule has 0 aliphatic carbocycles. The van der Waals surface area contributed by atoms with E-state index in [1.54, 1.807) is 38.1 Å². The number of hydrogen-bond donors (Lipinski definition) is 0. The van der Waals surface area contributed by atoms with Gasteiger partial charge in [0.25, 0.3) is 11.2 Å². The summed E-state index contributed by atoms with van der Waals surface area (Å²) in [6.45, 7) is 9.66. The van der Waals surface area contributed by atoms with E-state index < -0.39 is 16.9 Å². The number of carbonyl (C=O) groups is 1. The van der Waals surface area contributed by atoms with Gasteiger partial charge in [-0.3, -0.25) is 19.5 Å². The lowest BCUT2D eigenvalue weighted by atomic mass is 9.95. The first-order valence-corrected chi connectivity index (χ1v) is 16.4. The summed E-state index contributed by atoms with van der Waals surface area (Å²) < 4.78 is 19.2. The van der Waals surface area contributed by atoms with E-state index in [1.807, 2.05) is 6.92 Å². The molecule has 1 fully saturated rings. The van der Waals surface area contributed by atoms with Crippen LogP contribution in [0.3, 0.4) is 0 Å². The molecular formula is C32H35BrN4O7S. The number of rotatable bonds is 9. The van der Waals surface area contributed by atoms with Crippen LogP contribution in [-0.2, 0) is 9.53 Å². The minimum Gasteiger partial charge on any atom is -0.493 e. The Morgan fingerprint density at radius 2 is 1.91 bits per heavy atom. The zero-order valence-electron chi connectivity index (χ0n) is 25.8. The number of ether oxygens (including phenoxy) is 3. The number of benzene rings is 2. The summed E-state index contributed by atoms with van der Waals surface area (Å²) in [6.07, 6.45) is 3.71. The number of nitro benzene ring substituents is 1. The standard InChI is InChI=1S/C32H35BrN4O7S/c1-6-43-26-16-22(23(33)17-25(26)42-5)29-28(31(39)44-7-2)19(4)34-32-36(29)30(38)27(45-32)15-20-14-21(37(40)41)8-9-24(20)35-12-10-18(3)11-13-35/h8-9,14-18,29H,6-7,10-13H2,1-5H3/b27-15+/t29-/m0/s1. The maximum Gasteiger partial charge on any atom is 0.338 e. The maximum atomic E-state index is 14.3. The number of fused-ring (bicyclic) bond motifs is 1. The first kappa shape index (κ1) is 32.4. The van der Waals surface area contributed by atoms with Gasteiger partial charge in [0, 0.05) is 40.9 Å². The molecule has 1 atom stereocenters. The number of non-ortho nitro benzene ring substituents is 1. The predicted octanol–water partition coefficient (Wildman–Crippen LogP) is 5.11. The Kier molecular flexibility index (Phi) is 9.78. The van der Waals surface area contributed by atoms with Gasteiger partial charge in [0.2, 0.25) is 0 Å². The Morgan fingerprint density at radius 1 is 1.18 bits per heavy atom. The van der Waals surface area contributed by atoms with E-state index in [0.29, 0.717) is 54.7 Å². The van der Waals surface area contributed by atoms with Crippen molar-refractivity contribution in [3.63, 3.8) is 0 Å². The lowest BCUT2D eigenvalue weighted by molar-refractivity contribution is -0.384. The van der Waals surface area contributed by atoms with Crippen LogP contribution in [0.1, 0.15) is 57.7 Å². The SMILES string of the molecule is CCOC(=O)C1=C(C)N=c2s/c(=C/c3cc([N+](=O)[O-])ccc3N3CCC(C)CC3)c(=O)n2[C@H]1c1cc(OCC)c(OC)cc1Br. The Balaban J connectivity index is 1.74. The molecule has 1 aromatic heterocycles. The van der Waals surface area contributed by atoms with Gasteiger partial charge >= 0.3 is 5.97 Å². The maximum absolute atomic E-state index is 14.3. The molecule has 0 saturated carbocycles. The fourth-order valence-corrected chi connectivity index (χ4v) is 7.30. The number of piperidine rings is 1. The van der Waals surface area contributed by atoms with Crippen LogP contribution in [-0.4, -0.2) is 48.9 Å². The van der Waals surface area contributed by atoms with Gasteiger partial charge in [-0.25, -0.2) is 9.79 Å². The van der Waals surface area contributed by atoms with E-state index in [4.69, 9.17) is 14.2 Å². The molecule has 0 spiro atoms. The minimum atomic E-state index is -0.893. The molecule has 0 amide bonds. The molecule has 0 unspecified atom stereocenters. The molecule has 2 aliphatic heterocycles. The molecule has 0 N–H and O–H groups in total. The molecule has 238 valence electrons. The largest absolute Gasteiger partial charge is 0.493 e. The van der Waals surface area contributed by atoms with Gasteiger partial charge in [-0.2, -0.15) is 0 Å². The number of nitro groups is 1. The summed E-state index contributed by atoms with van der Waals surface area (Å²) in [5.41, 5.74) is 2.19. The molecule has 13 heteroatoms. The van der Waals surface area contributed by atoms with Crippen molar-refractivity contribution in [1.82, 2.24) is 4.57 Å². The van der Waals surface area contributed by atoms with Gasteiger partial charge < -0.3 is 19.1 Å². The number of esters is 1. The van der Waals surface area contributed by atoms with E-state index in [2.05, 4.69) is 32.7 Å². The zero-order chi connectivity index (χ0) is 32.4. The second-order valence-corrected chi connectivity index (χ2v) is 12.8. The Bertz CT molecular complexity index is 1860. The highest BCUT2D eigenvalue weighted by molar-refractivity contribution is 9.10. The van der Waals surface area contributed by atoms with E-state index in [1.165, 1.54) is 35.1 Å². The molecule has 2 aliphatic rings. The third-order valence-electron chi connectivity index (χ3n) is 8.03. The second kappa shape index (κ2) is 13.6. The van der Waals surface area contributed by atoms with Crippen LogP contribution in [0.15, 0.2) is 55.9 Å². The van der Waals surface area contributed by atoms with Gasteiger partial charge in [-0.15, -0.1) is 0 Å². The fourth-order valence-electron chi connectivity index (χ4n) is 5.72. The third kappa shape index (κ3) is 6.41. The highest BCUT2D eigenvalue weighted by Gasteiger charge is 2.35. The summed E-state index contributed by atoms with van der Waals surface area (Å²) in [6, 6.07) is 7.36. The van der Waals surface area contributed by atoms with Crippen LogP contribution < -0.4 is 29.3 Å². The number of halogens is 1. The molecule has 3 aromatic rings. The molecule has 5 rings (SSSR count). The van der Waals surface area contributed by atoms with E-state index in [9.17, 15) is 19.7 Å². The number of aromatic nitrogens is 1. The smallest absolute Gasteiger partial charge is 0.338 e. The van der Waals surface area contributed by atoms with Crippen molar-refractivity contribution < 1.29 is 23.9 Å². The first-order valence-electron chi connectivity index (χ1n) is 14.8. The molecule has 1 saturated heterocycles. The monoisotopic (exact) mass is 698 g/mol. The number of nitrogens with zero attached hydrogens (tertiary/aromatic N) is 4. The normalized spacial score (nSPS) is 17.2. The average Bonchev–Trinajstić information content (AvgIpc) is 3.31. The van der Waals surface area contributed by atoms with Crippen LogP contribution in [0.5, 0.6) is 11.5 Å². The molecular weight excluding hydrogens is 664 g/mol.